The van der Waals surface area contributed by atoms with Crippen LogP contribution in [-0.4, -0.2) is 17.3 Å². The largest absolute Gasteiger partial charge is 0.392 e. The van der Waals surface area contributed by atoms with Crippen molar-refractivity contribution in [3.63, 3.8) is 0 Å². The summed E-state index contributed by atoms with van der Waals surface area (Å²) in [5, 5.41) is 17.4. The number of aliphatic hydroxyl groups is 1. The Labute approximate surface area is 89.0 Å². The van der Waals surface area contributed by atoms with Gasteiger partial charge in [0.15, 0.2) is 0 Å². The summed E-state index contributed by atoms with van der Waals surface area (Å²) in [4.78, 5) is 0. The molecule has 1 aromatic rings. The van der Waals surface area contributed by atoms with Crippen LogP contribution in [0.2, 0.25) is 0 Å². The lowest BCUT2D eigenvalue weighted by Gasteiger charge is -2.16. The van der Waals surface area contributed by atoms with Gasteiger partial charge in [0.25, 0.3) is 0 Å². The van der Waals surface area contributed by atoms with Crippen molar-refractivity contribution in [2.75, 3.05) is 0 Å². The molecule has 0 amide bonds. The summed E-state index contributed by atoms with van der Waals surface area (Å²) >= 11 is 1.75. The maximum atomic E-state index is 9.63. The number of rotatable bonds is 3. The topological polar surface area (TPSA) is 32.3 Å². The van der Waals surface area contributed by atoms with E-state index in [-0.39, 0.29) is 6.10 Å². The second-order valence-corrected chi connectivity index (χ2v) is 4.81. The van der Waals surface area contributed by atoms with E-state index < -0.39 is 0 Å². The van der Waals surface area contributed by atoms with Gasteiger partial charge in [0.1, 0.15) is 0 Å². The van der Waals surface area contributed by atoms with Crippen LogP contribution in [0.15, 0.2) is 10.8 Å². The van der Waals surface area contributed by atoms with E-state index in [4.69, 9.17) is 0 Å². The van der Waals surface area contributed by atoms with E-state index in [0.717, 1.165) is 25.8 Å². The first-order chi connectivity index (χ1) is 6.77. The van der Waals surface area contributed by atoms with E-state index >= 15 is 0 Å². The Balaban J connectivity index is 1.85. The average molecular weight is 211 g/mol. The van der Waals surface area contributed by atoms with Crippen molar-refractivity contribution in [3.8, 4) is 0 Å². The first-order valence-corrected chi connectivity index (χ1v) is 6.15. The molecule has 1 aromatic heterocycles. The second kappa shape index (κ2) is 4.43. The van der Waals surface area contributed by atoms with Crippen molar-refractivity contribution in [1.29, 1.82) is 0 Å². The molecule has 1 aliphatic rings. The van der Waals surface area contributed by atoms with Gasteiger partial charge in [0.2, 0.25) is 0 Å². The summed E-state index contributed by atoms with van der Waals surface area (Å²) in [6.45, 7) is 3.04. The van der Waals surface area contributed by atoms with Crippen LogP contribution in [0.4, 0.5) is 0 Å². The minimum Gasteiger partial charge on any atom is -0.392 e. The molecule has 1 fully saturated rings. The smallest absolute Gasteiger partial charge is 0.0693 e. The third kappa shape index (κ3) is 2.16. The molecule has 78 valence electrons. The number of thiophene rings is 1. The predicted octanol–water partition coefficient (Wildman–Crippen LogP) is 2.06. The van der Waals surface area contributed by atoms with E-state index in [9.17, 15) is 5.11 Å². The van der Waals surface area contributed by atoms with Crippen molar-refractivity contribution in [3.05, 3.63) is 21.9 Å². The predicted molar refractivity (Wildman–Crippen MR) is 59.5 cm³/mol. The van der Waals surface area contributed by atoms with Gasteiger partial charge in [-0.3, -0.25) is 0 Å². The first kappa shape index (κ1) is 10.1. The van der Waals surface area contributed by atoms with Gasteiger partial charge in [-0.25, -0.2) is 0 Å². The summed E-state index contributed by atoms with van der Waals surface area (Å²) in [6, 6.07) is 0.314. The van der Waals surface area contributed by atoms with Crippen LogP contribution in [0, 0.1) is 6.92 Å². The van der Waals surface area contributed by atoms with Crippen LogP contribution in [0.3, 0.4) is 0 Å². The highest BCUT2D eigenvalue weighted by atomic mass is 32.1. The van der Waals surface area contributed by atoms with Gasteiger partial charge in [-0.2, -0.15) is 11.3 Å². The zero-order chi connectivity index (χ0) is 9.97. The molecule has 0 aromatic carbocycles. The fourth-order valence-electron chi connectivity index (χ4n) is 1.99. The van der Waals surface area contributed by atoms with Gasteiger partial charge in [0.05, 0.1) is 6.10 Å². The second-order valence-electron chi connectivity index (χ2n) is 4.07. The van der Waals surface area contributed by atoms with Gasteiger partial charge in [-0.05, 0) is 48.1 Å². The molecule has 0 unspecified atom stereocenters. The number of hydrogen-bond donors (Lipinski definition) is 2. The third-order valence-electron chi connectivity index (χ3n) is 3.00. The molecule has 0 radical (unpaired) electrons. The normalized spacial score (nSPS) is 27.0. The summed E-state index contributed by atoms with van der Waals surface area (Å²) in [5.74, 6) is 0. The van der Waals surface area contributed by atoms with Crippen LogP contribution in [-0.2, 0) is 6.54 Å². The molecule has 0 bridgehead atoms. The molecule has 2 rings (SSSR count). The summed E-state index contributed by atoms with van der Waals surface area (Å²) in [6.07, 6.45) is 3.10. The SMILES string of the molecule is Cc1cscc1CN[C@@H]1CCC[C@H]1O. The Morgan fingerprint density at radius 1 is 1.50 bits per heavy atom. The van der Waals surface area contributed by atoms with Gasteiger partial charge >= 0.3 is 0 Å². The van der Waals surface area contributed by atoms with Crippen molar-refractivity contribution < 1.29 is 5.11 Å². The lowest BCUT2D eigenvalue weighted by molar-refractivity contribution is 0.148. The molecule has 2 atom stereocenters. The maximum Gasteiger partial charge on any atom is 0.0693 e. The summed E-state index contributed by atoms with van der Waals surface area (Å²) < 4.78 is 0. The van der Waals surface area contributed by atoms with E-state index in [0.29, 0.717) is 6.04 Å². The fraction of sp³-hybridized carbons (Fsp3) is 0.636. The average Bonchev–Trinajstić information content (AvgIpc) is 2.72. The summed E-state index contributed by atoms with van der Waals surface area (Å²) in [7, 11) is 0. The van der Waals surface area contributed by atoms with Gasteiger partial charge in [-0.1, -0.05) is 0 Å². The number of aryl methyl sites for hydroxylation is 1. The molecular formula is C11H17NOS. The van der Waals surface area contributed by atoms with Gasteiger partial charge < -0.3 is 10.4 Å². The van der Waals surface area contributed by atoms with Crippen LogP contribution >= 0.6 is 11.3 Å². The van der Waals surface area contributed by atoms with Crippen molar-refractivity contribution in [2.24, 2.45) is 0 Å². The lowest BCUT2D eigenvalue weighted by Crippen LogP contribution is -2.35. The Morgan fingerprint density at radius 3 is 2.93 bits per heavy atom. The van der Waals surface area contributed by atoms with Crippen LogP contribution in [0.25, 0.3) is 0 Å². The molecule has 2 N–H and O–H groups in total. The molecule has 2 nitrogen and oxygen atoms in total. The summed E-state index contributed by atoms with van der Waals surface area (Å²) in [5.41, 5.74) is 2.73. The highest BCUT2D eigenvalue weighted by Gasteiger charge is 2.24. The molecule has 3 heteroatoms. The zero-order valence-corrected chi connectivity index (χ0v) is 9.31. The quantitative estimate of drug-likeness (QED) is 0.802. The number of hydrogen-bond acceptors (Lipinski definition) is 3. The van der Waals surface area contributed by atoms with Crippen LogP contribution < -0.4 is 5.32 Å². The molecule has 0 aliphatic heterocycles. The van der Waals surface area contributed by atoms with E-state index in [1.165, 1.54) is 11.1 Å². The van der Waals surface area contributed by atoms with Crippen molar-refractivity contribution in [2.45, 2.75) is 44.9 Å². The van der Waals surface area contributed by atoms with E-state index in [2.05, 4.69) is 23.0 Å². The molecule has 14 heavy (non-hydrogen) atoms. The lowest BCUT2D eigenvalue weighted by atomic mass is 10.2. The molecule has 1 aliphatic carbocycles. The molecule has 0 spiro atoms. The third-order valence-corrected chi connectivity index (χ3v) is 3.91. The van der Waals surface area contributed by atoms with E-state index in [1.54, 1.807) is 11.3 Å². The number of nitrogens with one attached hydrogen (secondary N) is 1. The molecular weight excluding hydrogens is 194 g/mol. The van der Waals surface area contributed by atoms with Crippen molar-refractivity contribution >= 4 is 11.3 Å². The van der Waals surface area contributed by atoms with Crippen molar-refractivity contribution in [1.82, 2.24) is 5.32 Å². The fourth-order valence-corrected chi connectivity index (χ4v) is 2.84. The highest BCUT2D eigenvalue weighted by molar-refractivity contribution is 7.08. The van der Waals surface area contributed by atoms with Gasteiger partial charge in [-0.15, -0.1) is 0 Å². The highest BCUT2D eigenvalue weighted by Crippen LogP contribution is 2.20. The monoisotopic (exact) mass is 211 g/mol. The minimum absolute atomic E-state index is 0.131. The van der Waals surface area contributed by atoms with Gasteiger partial charge in [0, 0.05) is 12.6 Å². The Kier molecular flexibility index (Phi) is 3.21. The maximum absolute atomic E-state index is 9.63. The first-order valence-electron chi connectivity index (χ1n) is 5.20. The minimum atomic E-state index is -0.131. The number of aliphatic hydroxyl groups excluding tert-OH is 1. The molecule has 1 saturated carbocycles. The zero-order valence-electron chi connectivity index (χ0n) is 8.49. The Hall–Kier alpha value is -0.380. The standard InChI is InChI=1S/C11H17NOS/c1-8-6-14-7-9(8)5-12-10-3-2-4-11(10)13/h6-7,10-13H,2-5H2,1H3/t10-,11-/m1/s1. The molecule has 1 heterocycles. The van der Waals surface area contributed by atoms with E-state index in [1.807, 2.05) is 0 Å². The van der Waals surface area contributed by atoms with Crippen LogP contribution in [0.5, 0.6) is 0 Å². The Morgan fingerprint density at radius 2 is 2.36 bits per heavy atom. The Bertz CT molecular complexity index is 297. The van der Waals surface area contributed by atoms with Crippen LogP contribution in [0.1, 0.15) is 30.4 Å². The molecule has 0 saturated heterocycles.